The Labute approximate surface area is 98.4 Å². The lowest BCUT2D eigenvalue weighted by molar-refractivity contribution is -0.385. The highest BCUT2D eigenvalue weighted by atomic mass is 35.5. The van der Waals surface area contributed by atoms with Crippen LogP contribution in [0.1, 0.15) is 16.7 Å². The van der Waals surface area contributed by atoms with Gasteiger partial charge < -0.3 is 0 Å². The third kappa shape index (κ3) is 2.65. The van der Waals surface area contributed by atoms with E-state index in [1.54, 1.807) is 0 Å². The van der Waals surface area contributed by atoms with Crippen molar-refractivity contribution in [2.75, 3.05) is 0 Å². The fourth-order valence-electron chi connectivity index (χ4n) is 1.25. The van der Waals surface area contributed by atoms with Crippen LogP contribution in [0.3, 0.4) is 0 Å². The van der Waals surface area contributed by atoms with Crippen LogP contribution in [0.4, 0.5) is 18.9 Å². The molecule has 0 bridgehead atoms. The monoisotopic (exact) mass is 264 g/mol. The van der Waals surface area contributed by atoms with Gasteiger partial charge in [0, 0.05) is 11.9 Å². The largest absolute Gasteiger partial charge is 0.416 e. The van der Waals surface area contributed by atoms with Crippen LogP contribution < -0.4 is 0 Å². The van der Waals surface area contributed by atoms with Gasteiger partial charge >= 0.3 is 6.18 Å². The third-order valence-corrected chi connectivity index (χ3v) is 2.28. The Hall–Kier alpha value is -1.81. The van der Waals surface area contributed by atoms with E-state index >= 15 is 0 Å². The summed E-state index contributed by atoms with van der Waals surface area (Å²) in [4.78, 5) is 9.48. The Morgan fingerprint density at radius 2 is 2.06 bits per heavy atom. The molecule has 4 nitrogen and oxygen atoms in total. The van der Waals surface area contributed by atoms with Gasteiger partial charge in [0.25, 0.3) is 5.69 Å². The fraction of sp³-hybridized carbons (Fsp3) is 0.222. The van der Waals surface area contributed by atoms with E-state index in [-0.39, 0.29) is 5.56 Å². The van der Waals surface area contributed by atoms with Crippen LogP contribution in [0.25, 0.3) is 0 Å². The molecule has 0 N–H and O–H groups in total. The van der Waals surface area contributed by atoms with Gasteiger partial charge in [-0.1, -0.05) is 0 Å². The molecule has 0 aliphatic heterocycles. The molecule has 0 unspecified atom stereocenters. The van der Waals surface area contributed by atoms with Gasteiger partial charge in [0.15, 0.2) is 0 Å². The molecule has 0 fully saturated rings. The molecule has 0 spiro atoms. The van der Waals surface area contributed by atoms with Gasteiger partial charge in [-0.3, -0.25) is 10.1 Å². The van der Waals surface area contributed by atoms with Crippen molar-refractivity contribution >= 4 is 17.3 Å². The highest BCUT2D eigenvalue weighted by Gasteiger charge is 2.36. The smallest absolute Gasteiger partial charge is 0.258 e. The van der Waals surface area contributed by atoms with Crippen LogP contribution in [-0.4, -0.2) is 4.92 Å². The quantitative estimate of drug-likeness (QED) is 0.468. The normalized spacial score (nSPS) is 11.0. The van der Waals surface area contributed by atoms with E-state index in [0.29, 0.717) is 6.07 Å². The van der Waals surface area contributed by atoms with Crippen molar-refractivity contribution in [3.8, 4) is 6.07 Å². The average Bonchev–Trinajstić information content (AvgIpc) is 2.25. The van der Waals surface area contributed by atoms with Crippen LogP contribution in [-0.2, 0) is 12.1 Å². The Kier molecular flexibility index (Phi) is 3.58. The lowest BCUT2D eigenvalue weighted by atomic mass is 10.0. The molecule has 0 heterocycles. The van der Waals surface area contributed by atoms with Crippen molar-refractivity contribution in [2.45, 2.75) is 12.1 Å². The minimum absolute atomic E-state index is 0.330. The summed E-state index contributed by atoms with van der Waals surface area (Å²) in [6, 6.07) is 2.58. The molecule has 90 valence electrons. The Balaban J connectivity index is 3.58. The molecule has 0 saturated heterocycles. The van der Waals surface area contributed by atoms with Crippen LogP contribution in [0.5, 0.6) is 0 Å². The van der Waals surface area contributed by atoms with E-state index in [2.05, 4.69) is 0 Å². The van der Waals surface area contributed by atoms with Crippen LogP contribution in [0.15, 0.2) is 12.1 Å². The highest BCUT2D eigenvalue weighted by Crippen LogP contribution is 2.36. The number of rotatable bonds is 2. The van der Waals surface area contributed by atoms with Gasteiger partial charge in [-0.25, -0.2) is 0 Å². The van der Waals surface area contributed by atoms with Crippen molar-refractivity contribution in [3.05, 3.63) is 38.9 Å². The lowest BCUT2D eigenvalue weighted by Gasteiger charge is -2.11. The zero-order valence-corrected chi connectivity index (χ0v) is 8.84. The summed E-state index contributed by atoms with van der Waals surface area (Å²) in [5.74, 6) is -0.485. The molecule has 0 radical (unpaired) electrons. The molecular formula is C9H4ClF3N2O2. The Morgan fingerprint density at radius 3 is 2.41 bits per heavy atom. The number of nitriles is 1. The van der Waals surface area contributed by atoms with Gasteiger partial charge in [-0.05, 0) is 11.6 Å². The van der Waals surface area contributed by atoms with E-state index in [4.69, 9.17) is 16.9 Å². The Morgan fingerprint density at radius 1 is 1.47 bits per heavy atom. The number of halogens is 4. The summed E-state index contributed by atoms with van der Waals surface area (Å²) >= 11 is 5.32. The number of alkyl halides is 4. The van der Waals surface area contributed by atoms with Crippen LogP contribution >= 0.6 is 11.6 Å². The molecular weight excluding hydrogens is 261 g/mol. The standard InChI is InChI=1S/C9H4ClF3N2O2/c10-3-5-1-6(4-14)8(15(16)17)2-7(5)9(11,12)13/h1-2H,3H2. The maximum absolute atomic E-state index is 12.6. The first-order valence-corrected chi connectivity index (χ1v) is 4.69. The van der Waals surface area contributed by atoms with E-state index in [9.17, 15) is 23.3 Å². The van der Waals surface area contributed by atoms with E-state index in [1.165, 1.54) is 6.07 Å². The van der Waals surface area contributed by atoms with Gasteiger partial charge in [0.05, 0.1) is 10.5 Å². The molecule has 8 heteroatoms. The summed E-state index contributed by atoms with van der Waals surface area (Å²) < 4.78 is 37.7. The maximum Gasteiger partial charge on any atom is 0.416 e. The SMILES string of the molecule is N#Cc1cc(CCl)c(C(F)(F)F)cc1[N+](=O)[O-]. The summed E-state index contributed by atoms with van der Waals surface area (Å²) in [6.45, 7) is 0. The van der Waals surface area contributed by atoms with E-state index in [0.717, 1.165) is 6.07 Å². The molecule has 1 rings (SSSR count). The summed E-state index contributed by atoms with van der Waals surface area (Å²) in [5.41, 5.74) is -2.88. The lowest BCUT2D eigenvalue weighted by Crippen LogP contribution is -2.10. The summed E-state index contributed by atoms with van der Waals surface area (Å²) in [7, 11) is 0. The van der Waals surface area contributed by atoms with E-state index in [1.807, 2.05) is 0 Å². The number of hydrogen-bond donors (Lipinski definition) is 0. The molecule has 1 aromatic carbocycles. The van der Waals surface area contributed by atoms with Gasteiger partial charge in [-0.15, -0.1) is 11.6 Å². The maximum atomic E-state index is 12.6. The second-order valence-electron chi connectivity index (χ2n) is 3.03. The first-order chi connectivity index (χ1) is 7.81. The molecule has 0 saturated carbocycles. The number of nitro benzene ring substituents is 1. The van der Waals surface area contributed by atoms with Crippen molar-refractivity contribution in [1.29, 1.82) is 5.26 Å². The number of nitrogens with zero attached hydrogens (tertiary/aromatic N) is 2. The molecule has 0 atom stereocenters. The molecule has 1 aromatic rings. The molecule has 0 aliphatic rings. The number of hydrogen-bond acceptors (Lipinski definition) is 3. The van der Waals surface area contributed by atoms with Crippen LogP contribution in [0.2, 0.25) is 0 Å². The second kappa shape index (κ2) is 4.59. The summed E-state index contributed by atoms with van der Waals surface area (Å²) in [6.07, 6.45) is -4.75. The second-order valence-corrected chi connectivity index (χ2v) is 3.29. The van der Waals surface area contributed by atoms with Gasteiger partial charge in [-0.2, -0.15) is 18.4 Å². The number of nitro groups is 1. The van der Waals surface area contributed by atoms with Crippen molar-refractivity contribution in [3.63, 3.8) is 0 Å². The minimum atomic E-state index is -4.75. The van der Waals surface area contributed by atoms with Crippen LogP contribution in [0, 0.1) is 21.4 Å². The van der Waals surface area contributed by atoms with Crippen molar-refractivity contribution in [1.82, 2.24) is 0 Å². The number of benzene rings is 1. The predicted molar refractivity (Wildman–Crippen MR) is 52.4 cm³/mol. The predicted octanol–water partition coefficient (Wildman–Crippen LogP) is 3.22. The van der Waals surface area contributed by atoms with Crippen molar-refractivity contribution < 1.29 is 18.1 Å². The minimum Gasteiger partial charge on any atom is -0.258 e. The topological polar surface area (TPSA) is 66.9 Å². The van der Waals surface area contributed by atoms with E-state index < -0.39 is 33.8 Å². The first-order valence-electron chi connectivity index (χ1n) is 4.15. The highest BCUT2D eigenvalue weighted by molar-refractivity contribution is 6.17. The van der Waals surface area contributed by atoms with Crippen molar-refractivity contribution in [2.24, 2.45) is 0 Å². The molecule has 0 aliphatic carbocycles. The molecule has 17 heavy (non-hydrogen) atoms. The first kappa shape index (κ1) is 13.3. The molecule has 0 aromatic heterocycles. The molecule has 0 amide bonds. The zero-order valence-electron chi connectivity index (χ0n) is 8.08. The fourth-order valence-corrected chi connectivity index (χ4v) is 1.47. The third-order valence-electron chi connectivity index (χ3n) is 1.99. The van der Waals surface area contributed by atoms with Gasteiger partial charge in [0.2, 0.25) is 0 Å². The summed E-state index contributed by atoms with van der Waals surface area (Å²) in [5, 5.41) is 19.1. The Bertz CT molecular complexity index is 508. The zero-order chi connectivity index (χ0) is 13.2. The average molecular weight is 265 g/mol. The van der Waals surface area contributed by atoms with Gasteiger partial charge in [0.1, 0.15) is 11.6 Å².